The third-order valence-corrected chi connectivity index (χ3v) is 8.79. The summed E-state index contributed by atoms with van der Waals surface area (Å²) < 4.78 is 2.32. The molecule has 220 valence electrons. The predicted octanol–water partition coefficient (Wildman–Crippen LogP) is 10.5. The highest BCUT2D eigenvalue weighted by Crippen LogP contribution is 2.38. The van der Waals surface area contributed by atoms with Crippen LogP contribution >= 0.6 is 0 Å². The Morgan fingerprint density at radius 1 is 0.500 bits per heavy atom. The lowest BCUT2D eigenvalue weighted by Gasteiger charge is -2.13. The second-order valence-electron chi connectivity index (χ2n) is 11.6. The van der Waals surface area contributed by atoms with E-state index in [0.29, 0.717) is 17.5 Å². The highest BCUT2D eigenvalue weighted by atomic mass is 15.0. The summed E-state index contributed by atoms with van der Waals surface area (Å²) in [6.45, 7) is 4.38. The van der Waals surface area contributed by atoms with Gasteiger partial charge in [-0.05, 0) is 65.9 Å². The van der Waals surface area contributed by atoms with Crippen LogP contribution in [-0.4, -0.2) is 19.5 Å². The molecule has 0 amide bonds. The highest BCUT2D eigenvalue weighted by Gasteiger charge is 2.20. The molecule has 46 heavy (non-hydrogen) atoms. The van der Waals surface area contributed by atoms with E-state index in [1.807, 2.05) is 18.2 Å². The van der Waals surface area contributed by atoms with Gasteiger partial charge in [0.15, 0.2) is 17.5 Å². The van der Waals surface area contributed by atoms with Crippen LogP contribution in [0.5, 0.6) is 0 Å². The standard InChI is InChI=1S/C42H32N4/c1-3-29-15-10-11-20-34(29)33-26-25-31(27-28(33)2)41-43-40(30-16-6-4-7-17-30)44-42(45-41)36-22-14-24-38-39(36)35-21-12-13-23-37(35)46(38)32-18-8-5-9-19-32/h4-27H,3H2,1-2H3. The Morgan fingerprint density at radius 2 is 1.13 bits per heavy atom. The minimum atomic E-state index is 0.655. The molecule has 2 heterocycles. The van der Waals surface area contributed by atoms with Crippen molar-refractivity contribution in [2.75, 3.05) is 0 Å². The monoisotopic (exact) mass is 592 g/mol. The molecule has 2 aromatic heterocycles. The number of fused-ring (bicyclic) bond motifs is 3. The van der Waals surface area contributed by atoms with E-state index in [-0.39, 0.29) is 0 Å². The number of nitrogens with zero attached hydrogens (tertiary/aromatic N) is 4. The summed E-state index contributed by atoms with van der Waals surface area (Å²) >= 11 is 0. The van der Waals surface area contributed by atoms with E-state index in [1.165, 1.54) is 22.3 Å². The van der Waals surface area contributed by atoms with Crippen LogP contribution in [0.3, 0.4) is 0 Å². The first-order valence-corrected chi connectivity index (χ1v) is 15.8. The van der Waals surface area contributed by atoms with Gasteiger partial charge in [-0.3, -0.25) is 0 Å². The van der Waals surface area contributed by atoms with Crippen LogP contribution in [0.4, 0.5) is 0 Å². The molecule has 0 saturated carbocycles. The average molecular weight is 593 g/mol. The van der Waals surface area contributed by atoms with Gasteiger partial charge in [0.1, 0.15) is 0 Å². The zero-order valence-corrected chi connectivity index (χ0v) is 25.9. The summed E-state index contributed by atoms with van der Waals surface area (Å²) in [6, 6.07) is 50.9. The second kappa shape index (κ2) is 11.6. The summed E-state index contributed by atoms with van der Waals surface area (Å²) in [5, 5.41) is 2.29. The Hall–Kier alpha value is -5.87. The molecule has 4 heteroatoms. The van der Waals surface area contributed by atoms with Crippen molar-refractivity contribution >= 4 is 21.8 Å². The summed E-state index contributed by atoms with van der Waals surface area (Å²) in [5.41, 5.74) is 11.3. The summed E-state index contributed by atoms with van der Waals surface area (Å²) in [5.74, 6) is 1.97. The van der Waals surface area contributed by atoms with Gasteiger partial charge in [-0.25, -0.2) is 15.0 Å². The van der Waals surface area contributed by atoms with Gasteiger partial charge in [-0.15, -0.1) is 0 Å². The van der Waals surface area contributed by atoms with E-state index < -0.39 is 0 Å². The van der Waals surface area contributed by atoms with Crippen molar-refractivity contribution in [2.45, 2.75) is 20.3 Å². The number of hydrogen-bond donors (Lipinski definition) is 0. The Balaban J connectivity index is 1.35. The summed E-state index contributed by atoms with van der Waals surface area (Å²) in [4.78, 5) is 15.3. The van der Waals surface area contributed by atoms with E-state index in [2.05, 4.69) is 146 Å². The molecule has 0 N–H and O–H groups in total. The first kappa shape index (κ1) is 27.7. The van der Waals surface area contributed by atoms with Crippen LogP contribution in [0.15, 0.2) is 146 Å². The molecule has 0 saturated heterocycles. The Kier molecular flexibility index (Phi) is 6.96. The Morgan fingerprint density at radius 3 is 1.91 bits per heavy atom. The molecule has 0 aliphatic rings. The molecule has 0 radical (unpaired) electrons. The van der Waals surface area contributed by atoms with Gasteiger partial charge in [-0.2, -0.15) is 0 Å². The molecule has 0 aliphatic carbocycles. The van der Waals surface area contributed by atoms with Gasteiger partial charge in [0, 0.05) is 33.2 Å². The Bertz CT molecular complexity index is 2350. The maximum Gasteiger partial charge on any atom is 0.164 e. The molecule has 4 nitrogen and oxygen atoms in total. The molecule has 6 aromatic carbocycles. The van der Waals surface area contributed by atoms with E-state index in [1.54, 1.807) is 0 Å². The molecule has 8 rings (SSSR count). The SMILES string of the molecule is CCc1ccccc1-c1ccc(-c2nc(-c3ccccc3)nc(-c3cccc4c3c3ccccc3n4-c3ccccc3)n2)cc1C. The number of benzene rings is 6. The highest BCUT2D eigenvalue weighted by molar-refractivity contribution is 6.15. The first-order chi connectivity index (χ1) is 22.7. The molecular formula is C42H32N4. The molecule has 0 fully saturated rings. The van der Waals surface area contributed by atoms with Crippen molar-refractivity contribution in [3.05, 3.63) is 157 Å². The number of hydrogen-bond acceptors (Lipinski definition) is 3. The largest absolute Gasteiger partial charge is 0.309 e. The molecule has 8 aromatic rings. The van der Waals surface area contributed by atoms with Crippen LogP contribution in [-0.2, 0) is 6.42 Å². The maximum absolute atomic E-state index is 5.18. The number of para-hydroxylation sites is 2. The fourth-order valence-corrected chi connectivity index (χ4v) is 6.60. The van der Waals surface area contributed by atoms with Crippen molar-refractivity contribution in [2.24, 2.45) is 0 Å². The van der Waals surface area contributed by atoms with Crippen molar-refractivity contribution in [3.8, 4) is 51.0 Å². The first-order valence-electron chi connectivity index (χ1n) is 15.8. The van der Waals surface area contributed by atoms with Crippen LogP contribution < -0.4 is 0 Å². The van der Waals surface area contributed by atoms with Gasteiger partial charge in [0.05, 0.1) is 11.0 Å². The van der Waals surface area contributed by atoms with Gasteiger partial charge < -0.3 is 4.57 Å². The van der Waals surface area contributed by atoms with E-state index >= 15 is 0 Å². The van der Waals surface area contributed by atoms with Crippen molar-refractivity contribution in [3.63, 3.8) is 0 Å². The average Bonchev–Trinajstić information content (AvgIpc) is 3.47. The molecule has 0 bridgehead atoms. The predicted molar refractivity (Wildman–Crippen MR) is 190 cm³/mol. The smallest absolute Gasteiger partial charge is 0.164 e. The molecular weight excluding hydrogens is 560 g/mol. The fourth-order valence-electron chi connectivity index (χ4n) is 6.60. The van der Waals surface area contributed by atoms with Crippen LogP contribution in [0.1, 0.15) is 18.1 Å². The van der Waals surface area contributed by atoms with Crippen LogP contribution in [0, 0.1) is 6.92 Å². The summed E-state index contributed by atoms with van der Waals surface area (Å²) in [6.07, 6.45) is 0.987. The Labute approximate surface area is 268 Å². The lowest BCUT2D eigenvalue weighted by molar-refractivity contribution is 1.07. The number of rotatable bonds is 6. The number of aryl methyl sites for hydroxylation is 2. The normalized spacial score (nSPS) is 11.3. The zero-order valence-electron chi connectivity index (χ0n) is 25.9. The van der Waals surface area contributed by atoms with Crippen molar-refractivity contribution in [1.29, 1.82) is 0 Å². The van der Waals surface area contributed by atoms with Crippen molar-refractivity contribution in [1.82, 2.24) is 19.5 Å². The van der Waals surface area contributed by atoms with E-state index in [9.17, 15) is 0 Å². The maximum atomic E-state index is 5.18. The second-order valence-corrected chi connectivity index (χ2v) is 11.6. The van der Waals surface area contributed by atoms with E-state index in [4.69, 9.17) is 15.0 Å². The molecule has 0 spiro atoms. The minimum absolute atomic E-state index is 0.655. The third kappa shape index (κ3) is 4.76. The van der Waals surface area contributed by atoms with Crippen molar-refractivity contribution < 1.29 is 0 Å². The minimum Gasteiger partial charge on any atom is -0.309 e. The van der Waals surface area contributed by atoms with Gasteiger partial charge in [-0.1, -0.05) is 122 Å². The zero-order chi connectivity index (χ0) is 31.0. The van der Waals surface area contributed by atoms with Gasteiger partial charge >= 0.3 is 0 Å². The quantitative estimate of drug-likeness (QED) is 0.193. The lowest BCUT2D eigenvalue weighted by atomic mass is 9.93. The lowest BCUT2D eigenvalue weighted by Crippen LogP contribution is -2.01. The topological polar surface area (TPSA) is 43.6 Å². The molecule has 0 unspecified atom stereocenters. The van der Waals surface area contributed by atoms with Gasteiger partial charge in [0.2, 0.25) is 0 Å². The van der Waals surface area contributed by atoms with E-state index in [0.717, 1.165) is 50.6 Å². The molecule has 0 aliphatic heterocycles. The fraction of sp³-hybridized carbons (Fsp3) is 0.0714. The summed E-state index contributed by atoms with van der Waals surface area (Å²) in [7, 11) is 0. The van der Waals surface area contributed by atoms with Gasteiger partial charge in [0.25, 0.3) is 0 Å². The number of aromatic nitrogens is 4. The molecule has 0 atom stereocenters. The third-order valence-electron chi connectivity index (χ3n) is 8.79. The van der Waals surface area contributed by atoms with Crippen LogP contribution in [0.2, 0.25) is 0 Å². The van der Waals surface area contributed by atoms with Crippen LogP contribution in [0.25, 0.3) is 72.8 Å².